The SMILES string of the molecule is CCCNC(=O)NC(=NC(=O)N(C)C)SC(C)C. The molecule has 4 amide bonds. The minimum Gasteiger partial charge on any atom is -0.338 e. The van der Waals surface area contributed by atoms with Crippen molar-refractivity contribution in [2.45, 2.75) is 32.4 Å². The van der Waals surface area contributed by atoms with E-state index in [1.165, 1.54) is 16.7 Å². The predicted octanol–water partition coefficient (Wildman–Crippen LogP) is 1.87. The Morgan fingerprint density at radius 1 is 1.33 bits per heavy atom. The van der Waals surface area contributed by atoms with Crippen molar-refractivity contribution in [3.8, 4) is 0 Å². The van der Waals surface area contributed by atoms with Crippen LogP contribution in [0.15, 0.2) is 4.99 Å². The number of hydrogen-bond donors (Lipinski definition) is 2. The fourth-order valence-electron chi connectivity index (χ4n) is 0.874. The molecule has 0 fully saturated rings. The molecule has 0 aromatic heterocycles. The lowest BCUT2D eigenvalue weighted by Crippen LogP contribution is -2.39. The fourth-order valence-corrected chi connectivity index (χ4v) is 1.60. The van der Waals surface area contributed by atoms with Crippen LogP contribution in [0.3, 0.4) is 0 Å². The molecule has 0 bridgehead atoms. The number of thioether (sulfide) groups is 1. The Bertz CT molecular complexity index is 316. The highest BCUT2D eigenvalue weighted by atomic mass is 32.2. The lowest BCUT2D eigenvalue weighted by Gasteiger charge is -2.12. The molecule has 0 aromatic rings. The molecule has 0 radical (unpaired) electrons. The number of rotatable bonds is 3. The van der Waals surface area contributed by atoms with Gasteiger partial charge in [0.15, 0.2) is 5.17 Å². The van der Waals surface area contributed by atoms with E-state index in [2.05, 4.69) is 15.6 Å². The van der Waals surface area contributed by atoms with Crippen LogP contribution in [-0.2, 0) is 0 Å². The van der Waals surface area contributed by atoms with Crippen molar-refractivity contribution in [2.24, 2.45) is 4.99 Å². The van der Waals surface area contributed by atoms with Gasteiger partial charge in [-0.25, -0.2) is 9.59 Å². The first-order valence-electron chi connectivity index (χ1n) is 5.88. The molecule has 0 spiro atoms. The summed E-state index contributed by atoms with van der Waals surface area (Å²) in [6, 6.07) is -0.732. The average Bonchev–Trinajstić information content (AvgIpc) is 2.24. The maximum atomic E-state index is 11.5. The van der Waals surface area contributed by atoms with E-state index in [1.807, 2.05) is 20.8 Å². The first-order valence-corrected chi connectivity index (χ1v) is 6.76. The van der Waals surface area contributed by atoms with Gasteiger partial charge in [-0.1, -0.05) is 32.5 Å². The molecule has 0 unspecified atom stereocenters. The van der Waals surface area contributed by atoms with Crippen LogP contribution in [0.5, 0.6) is 0 Å². The van der Waals surface area contributed by atoms with E-state index in [0.717, 1.165) is 6.42 Å². The molecule has 18 heavy (non-hydrogen) atoms. The Morgan fingerprint density at radius 3 is 2.39 bits per heavy atom. The maximum absolute atomic E-state index is 11.5. The third-order valence-corrected chi connectivity index (χ3v) is 2.57. The van der Waals surface area contributed by atoms with Gasteiger partial charge in [-0.15, -0.1) is 0 Å². The summed E-state index contributed by atoms with van der Waals surface area (Å²) in [4.78, 5) is 28.2. The van der Waals surface area contributed by atoms with E-state index in [9.17, 15) is 9.59 Å². The molecule has 104 valence electrons. The summed E-state index contributed by atoms with van der Waals surface area (Å²) in [5, 5.41) is 5.80. The number of carbonyl (C=O) groups is 2. The molecule has 0 aliphatic carbocycles. The van der Waals surface area contributed by atoms with Gasteiger partial charge in [0.2, 0.25) is 0 Å². The largest absolute Gasteiger partial charge is 0.345 e. The lowest BCUT2D eigenvalue weighted by atomic mass is 10.5. The van der Waals surface area contributed by atoms with E-state index in [4.69, 9.17) is 0 Å². The van der Waals surface area contributed by atoms with Gasteiger partial charge in [0.05, 0.1) is 0 Å². The summed E-state index contributed by atoms with van der Waals surface area (Å²) in [5.41, 5.74) is 0. The standard InChI is InChI=1S/C11H22N4O2S/c1-6-7-12-9(16)13-10(18-8(2)3)14-11(17)15(4)5/h8H,6-7H2,1-5H3,(H2,12,13,14,16,17). The van der Waals surface area contributed by atoms with Crippen LogP contribution in [0.25, 0.3) is 0 Å². The monoisotopic (exact) mass is 274 g/mol. The van der Waals surface area contributed by atoms with Crippen LogP contribution in [0, 0.1) is 0 Å². The average molecular weight is 274 g/mol. The Balaban J connectivity index is 4.58. The zero-order valence-electron chi connectivity index (χ0n) is 11.6. The van der Waals surface area contributed by atoms with Crippen LogP contribution in [0.2, 0.25) is 0 Å². The summed E-state index contributed by atoms with van der Waals surface area (Å²) in [6.07, 6.45) is 0.855. The quantitative estimate of drug-likeness (QED) is 0.609. The van der Waals surface area contributed by atoms with E-state index in [-0.39, 0.29) is 11.3 Å². The molecule has 0 atom stereocenters. The number of urea groups is 2. The van der Waals surface area contributed by atoms with Gasteiger partial charge in [0, 0.05) is 25.9 Å². The van der Waals surface area contributed by atoms with Crippen molar-refractivity contribution in [3.05, 3.63) is 0 Å². The van der Waals surface area contributed by atoms with Crippen LogP contribution in [-0.4, -0.2) is 48.0 Å². The van der Waals surface area contributed by atoms with Gasteiger partial charge in [0.25, 0.3) is 0 Å². The summed E-state index contributed by atoms with van der Waals surface area (Å²) < 4.78 is 0. The molecule has 7 heteroatoms. The highest BCUT2D eigenvalue weighted by Gasteiger charge is 2.11. The molecule has 0 saturated heterocycles. The molecular weight excluding hydrogens is 252 g/mol. The topological polar surface area (TPSA) is 73.8 Å². The van der Waals surface area contributed by atoms with Gasteiger partial charge in [0.1, 0.15) is 0 Å². The van der Waals surface area contributed by atoms with Crippen LogP contribution in [0.4, 0.5) is 9.59 Å². The number of nitrogens with one attached hydrogen (secondary N) is 2. The molecule has 0 aromatic carbocycles. The van der Waals surface area contributed by atoms with Crippen molar-refractivity contribution in [3.63, 3.8) is 0 Å². The van der Waals surface area contributed by atoms with Gasteiger partial charge >= 0.3 is 12.1 Å². The Morgan fingerprint density at radius 2 is 1.94 bits per heavy atom. The van der Waals surface area contributed by atoms with Crippen molar-refractivity contribution in [1.82, 2.24) is 15.5 Å². The summed E-state index contributed by atoms with van der Waals surface area (Å²) in [5.74, 6) is 0. The molecule has 0 heterocycles. The highest BCUT2D eigenvalue weighted by Crippen LogP contribution is 2.10. The number of carbonyl (C=O) groups excluding carboxylic acids is 2. The molecule has 0 saturated carbocycles. The second-order valence-electron chi connectivity index (χ2n) is 4.14. The normalized spacial score (nSPS) is 11.3. The van der Waals surface area contributed by atoms with Crippen LogP contribution < -0.4 is 10.6 Å². The van der Waals surface area contributed by atoms with Crippen molar-refractivity contribution in [1.29, 1.82) is 0 Å². The molecule has 2 N–H and O–H groups in total. The summed E-state index contributed by atoms with van der Waals surface area (Å²) in [7, 11) is 3.22. The van der Waals surface area contributed by atoms with E-state index < -0.39 is 6.03 Å². The molecule has 6 nitrogen and oxygen atoms in total. The Kier molecular flexibility index (Phi) is 8.19. The minimum absolute atomic E-state index is 0.227. The second-order valence-corrected chi connectivity index (χ2v) is 5.71. The van der Waals surface area contributed by atoms with Crippen molar-refractivity contribution in [2.75, 3.05) is 20.6 Å². The van der Waals surface area contributed by atoms with Gasteiger partial charge in [-0.3, -0.25) is 5.32 Å². The van der Waals surface area contributed by atoms with Gasteiger partial charge in [-0.2, -0.15) is 4.99 Å². The maximum Gasteiger partial charge on any atom is 0.345 e. The third kappa shape index (κ3) is 7.94. The Hall–Kier alpha value is -1.24. The zero-order chi connectivity index (χ0) is 14.1. The molecule has 0 aliphatic heterocycles. The van der Waals surface area contributed by atoms with E-state index in [0.29, 0.717) is 11.7 Å². The first-order chi connectivity index (χ1) is 8.36. The van der Waals surface area contributed by atoms with E-state index >= 15 is 0 Å². The van der Waals surface area contributed by atoms with Crippen LogP contribution >= 0.6 is 11.8 Å². The lowest BCUT2D eigenvalue weighted by molar-refractivity contribution is 0.227. The van der Waals surface area contributed by atoms with Crippen molar-refractivity contribution >= 4 is 29.0 Å². The minimum atomic E-state index is -0.394. The molecule has 0 aliphatic rings. The third-order valence-electron chi connectivity index (χ3n) is 1.68. The van der Waals surface area contributed by atoms with Crippen molar-refractivity contribution < 1.29 is 9.59 Å². The Labute approximate surface area is 113 Å². The molecular formula is C11H22N4O2S. The second kappa shape index (κ2) is 8.79. The number of nitrogens with zero attached hydrogens (tertiary/aromatic N) is 2. The van der Waals surface area contributed by atoms with Gasteiger partial charge < -0.3 is 10.2 Å². The summed E-state index contributed by atoms with van der Waals surface area (Å²) in [6.45, 7) is 6.48. The number of aliphatic imine (C=N–C) groups is 1. The van der Waals surface area contributed by atoms with Crippen LogP contribution in [0.1, 0.15) is 27.2 Å². The predicted molar refractivity (Wildman–Crippen MR) is 76.1 cm³/mol. The van der Waals surface area contributed by atoms with Gasteiger partial charge in [-0.05, 0) is 6.42 Å². The number of hydrogen-bond acceptors (Lipinski definition) is 3. The zero-order valence-corrected chi connectivity index (χ0v) is 12.4. The molecule has 0 rings (SSSR count). The number of amides is 4. The summed E-state index contributed by atoms with van der Waals surface area (Å²) >= 11 is 1.34. The number of amidine groups is 1. The van der Waals surface area contributed by atoms with E-state index in [1.54, 1.807) is 14.1 Å². The fraction of sp³-hybridized carbons (Fsp3) is 0.727. The smallest absolute Gasteiger partial charge is 0.338 e. The first kappa shape index (κ1) is 16.8. The highest BCUT2D eigenvalue weighted by molar-refractivity contribution is 8.14.